The van der Waals surface area contributed by atoms with Gasteiger partial charge in [-0.15, -0.1) is 0 Å². The lowest BCUT2D eigenvalue weighted by Gasteiger charge is -2.07. The number of hydrogen-bond acceptors (Lipinski definition) is 3. The number of aromatic nitrogens is 2. The van der Waals surface area contributed by atoms with Crippen LogP contribution in [-0.4, -0.2) is 9.78 Å². The van der Waals surface area contributed by atoms with E-state index in [1.807, 2.05) is 25.4 Å². The fourth-order valence-electron chi connectivity index (χ4n) is 1.48. The van der Waals surface area contributed by atoms with E-state index in [1.165, 1.54) is 0 Å². The maximum absolute atomic E-state index is 6.04. The molecule has 0 bridgehead atoms. The van der Waals surface area contributed by atoms with E-state index in [4.69, 9.17) is 10.2 Å². The summed E-state index contributed by atoms with van der Waals surface area (Å²) in [4.78, 5) is 0. The van der Waals surface area contributed by atoms with E-state index in [2.05, 4.69) is 21.0 Å². The summed E-state index contributed by atoms with van der Waals surface area (Å²) in [5.41, 5.74) is 8.00. The predicted octanol–water partition coefficient (Wildman–Crippen LogP) is 2.02. The summed E-state index contributed by atoms with van der Waals surface area (Å²) in [6, 6.07) is 3.75. The van der Waals surface area contributed by atoms with Crippen LogP contribution in [-0.2, 0) is 13.5 Å². The van der Waals surface area contributed by atoms with Crippen molar-refractivity contribution in [3.05, 3.63) is 40.5 Å². The zero-order valence-electron chi connectivity index (χ0n) is 8.35. The van der Waals surface area contributed by atoms with Crippen molar-refractivity contribution >= 4 is 15.9 Å². The number of hydrogen-bond donors (Lipinski definition) is 1. The predicted molar refractivity (Wildman–Crippen MR) is 60.2 cm³/mol. The number of nitrogens with zero attached hydrogens (tertiary/aromatic N) is 2. The van der Waals surface area contributed by atoms with Gasteiger partial charge < -0.3 is 10.2 Å². The average molecular weight is 270 g/mol. The molecule has 2 aromatic heterocycles. The van der Waals surface area contributed by atoms with Crippen molar-refractivity contribution in [3.63, 3.8) is 0 Å². The first-order valence-electron chi connectivity index (χ1n) is 4.64. The first-order valence-corrected chi connectivity index (χ1v) is 5.43. The minimum absolute atomic E-state index is 0.0898. The molecule has 0 spiro atoms. The highest BCUT2D eigenvalue weighted by molar-refractivity contribution is 9.10. The normalized spacial score (nSPS) is 13.0. The van der Waals surface area contributed by atoms with Crippen LogP contribution in [0.4, 0.5) is 0 Å². The molecule has 0 radical (unpaired) electrons. The molecule has 0 aromatic carbocycles. The largest absolute Gasteiger partial charge is 0.457 e. The van der Waals surface area contributed by atoms with Crippen molar-refractivity contribution in [2.45, 2.75) is 12.5 Å². The number of aryl methyl sites for hydroxylation is 1. The highest BCUT2D eigenvalue weighted by atomic mass is 79.9. The van der Waals surface area contributed by atoms with Gasteiger partial charge in [0, 0.05) is 31.3 Å². The Kier molecular flexibility index (Phi) is 2.93. The quantitative estimate of drug-likeness (QED) is 0.928. The molecule has 2 N–H and O–H groups in total. The van der Waals surface area contributed by atoms with Crippen LogP contribution in [0.15, 0.2) is 33.7 Å². The van der Waals surface area contributed by atoms with Crippen molar-refractivity contribution in [2.24, 2.45) is 12.8 Å². The van der Waals surface area contributed by atoms with Crippen LogP contribution in [0.3, 0.4) is 0 Å². The first-order chi connectivity index (χ1) is 7.16. The molecule has 0 fully saturated rings. The van der Waals surface area contributed by atoms with E-state index in [-0.39, 0.29) is 6.04 Å². The van der Waals surface area contributed by atoms with Gasteiger partial charge in [0.2, 0.25) is 0 Å². The first kappa shape index (κ1) is 10.4. The van der Waals surface area contributed by atoms with Crippen LogP contribution < -0.4 is 5.73 Å². The summed E-state index contributed by atoms with van der Waals surface area (Å²) in [5.74, 6) is 0. The number of furan rings is 1. The van der Waals surface area contributed by atoms with Gasteiger partial charge in [-0.25, -0.2) is 0 Å². The monoisotopic (exact) mass is 269 g/mol. The van der Waals surface area contributed by atoms with Crippen molar-refractivity contribution in [1.82, 2.24) is 9.78 Å². The average Bonchev–Trinajstić information content (AvgIpc) is 2.75. The van der Waals surface area contributed by atoms with Gasteiger partial charge in [0.1, 0.15) is 0 Å². The molecule has 15 heavy (non-hydrogen) atoms. The molecule has 80 valence electrons. The Morgan fingerprint density at radius 1 is 1.60 bits per heavy atom. The molecule has 5 heteroatoms. The Balaban J connectivity index is 2.10. The fraction of sp³-hybridized carbons (Fsp3) is 0.300. The zero-order chi connectivity index (χ0) is 10.8. The van der Waals surface area contributed by atoms with Gasteiger partial charge >= 0.3 is 0 Å². The Morgan fingerprint density at radius 3 is 2.93 bits per heavy atom. The molecule has 0 aliphatic carbocycles. The minimum Gasteiger partial charge on any atom is -0.457 e. The third kappa shape index (κ3) is 2.30. The van der Waals surface area contributed by atoms with Gasteiger partial charge in [-0.05, 0) is 28.1 Å². The summed E-state index contributed by atoms with van der Waals surface area (Å²) in [6.45, 7) is 0. The van der Waals surface area contributed by atoms with Crippen LogP contribution in [0.2, 0.25) is 0 Å². The lowest BCUT2D eigenvalue weighted by molar-refractivity contribution is 0.530. The molecule has 0 amide bonds. The van der Waals surface area contributed by atoms with Crippen LogP contribution in [0.5, 0.6) is 0 Å². The summed E-state index contributed by atoms with van der Waals surface area (Å²) in [7, 11) is 1.89. The topological polar surface area (TPSA) is 57.0 Å². The van der Waals surface area contributed by atoms with Crippen molar-refractivity contribution in [3.8, 4) is 0 Å². The smallest absolute Gasteiger partial charge is 0.173 e. The molecule has 2 aromatic rings. The molecule has 0 saturated carbocycles. The Bertz CT molecular complexity index is 449. The maximum atomic E-state index is 6.04. The van der Waals surface area contributed by atoms with Crippen molar-refractivity contribution < 1.29 is 4.42 Å². The van der Waals surface area contributed by atoms with Crippen LogP contribution in [0.1, 0.15) is 17.3 Å². The molecule has 0 aliphatic rings. The van der Waals surface area contributed by atoms with E-state index in [0.29, 0.717) is 11.1 Å². The molecule has 2 rings (SSSR count). The lowest BCUT2D eigenvalue weighted by atomic mass is 10.1. The summed E-state index contributed by atoms with van der Waals surface area (Å²) >= 11 is 3.31. The maximum Gasteiger partial charge on any atom is 0.173 e. The second kappa shape index (κ2) is 4.20. The van der Waals surface area contributed by atoms with E-state index in [0.717, 1.165) is 11.3 Å². The lowest BCUT2D eigenvalue weighted by Crippen LogP contribution is -2.13. The molecule has 2 heterocycles. The molecule has 1 atom stereocenters. The minimum atomic E-state index is -0.0898. The van der Waals surface area contributed by atoms with E-state index in [9.17, 15) is 0 Å². The molecule has 1 unspecified atom stereocenters. The second-order valence-corrected chi connectivity index (χ2v) is 4.16. The molecular weight excluding hydrogens is 258 g/mol. The summed E-state index contributed by atoms with van der Waals surface area (Å²) < 4.78 is 7.61. The fourth-order valence-corrected chi connectivity index (χ4v) is 2.01. The van der Waals surface area contributed by atoms with Gasteiger partial charge in [-0.1, -0.05) is 0 Å². The molecule has 0 aliphatic heterocycles. The zero-order valence-corrected chi connectivity index (χ0v) is 9.94. The van der Waals surface area contributed by atoms with Crippen LogP contribution in [0.25, 0.3) is 0 Å². The van der Waals surface area contributed by atoms with E-state index < -0.39 is 0 Å². The van der Waals surface area contributed by atoms with Crippen molar-refractivity contribution in [2.75, 3.05) is 0 Å². The second-order valence-electron chi connectivity index (χ2n) is 3.44. The Morgan fingerprint density at radius 2 is 2.40 bits per heavy atom. The van der Waals surface area contributed by atoms with Crippen molar-refractivity contribution in [1.29, 1.82) is 0 Å². The third-order valence-corrected chi connectivity index (χ3v) is 2.89. The van der Waals surface area contributed by atoms with E-state index in [1.54, 1.807) is 10.9 Å². The standard InChI is InChI=1S/C10H12BrN3O/c1-14-4-2-7(13-14)6-9(12)8-3-5-15-10(8)11/h2-5,9H,6,12H2,1H3. The number of halogens is 1. The molecular formula is C10H12BrN3O. The Hall–Kier alpha value is -1.07. The van der Waals surface area contributed by atoms with Gasteiger partial charge in [0.05, 0.1) is 12.0 Å². The molecule has 0 saturated heterocycles. The number of nitrogens with two attached hydrogens (primary N) is 1. The molecule has 4 nitrogen and oxygen atoms in total. The highest BCUT2D eigenvalue weighted by Crippen LogP contribution is 2.24. The van der Waals surface area contributed by atoms with Gasteiger partial charge in [0.15, 0.2) is 4.67 Å². The van der Waals surface area contributed by atoms with E-state index >= 15 is 0 Å². The summed E-state index contributed by atoms with van der Waals surface area (Å²) in [6.07, 6.45) is 4.24. The number of rotatable bonds is 3. The highest BCUT2D eigenvalue weighted by Gasteiger charge is 2.13. The van der Waals surface area contributed by atoms with Gasteiger partial charge in [-0.3, -0.25) is 4.68 Å². The van der Waals surface area contributed by atoms with Crippen LogP contribution in [0, 0.1) is 0 Å². The van der Waals surface area contributed by atoms with Gasteiger partial charge in [-0.2, -0.15) is 5.10 Å². The van der Waals surface area contributed by atoms with Crippen LogP contribution >= 0.6 is 15.9 Å². The van der Waals surface area contributed by atoms with Gasteiger partial charge in [0.25, 0.3) is 0 Å². The third-order valence-electron chi connectivity index (χ3n) is 2.24. The Labute approximate surface area is 96.2 Å². The SMILES string of the molecule is Cn1ccc(CC(N)c2ccoc2Br)n1. The summed E-state index contributed by atoms with van der Waals surface area (Å²) in [5, 5.41) is 4.28.